The van der Waals surface area contributed by atoms with Crippen LogP contribution < -0.4 is 5.56 Å². The minimum atomic E-state index is -0.300. The van der Waals surface area contributed by atoms with E-state index < -0.39 is 0 Å². The van der Waals surface area contributed by atoms with Gasteiger partial charge in [-0.05, 0) is 43.2 Å². The monoisotopic (exact) mass is 232 g/mol. The van der Waals surface area contributed by atoms with Crippen molar-refractivity contribution in [1.29, 1.82) is 0 Å². The quantitative estimate of drug-likeness (QED) is 0.794. The Morgan fingerprint density at radius 2 is 2.00 bits per heavy atom. The summed E-state index contributed by atoms with van der Waals surface area (Å²) in [6.45, 7) is 3.99. The molecule has 0 saturated heterocycles. The molecule has 0 unspecified atom stereocenters. The molecular weight excluding hydrogens is 219 g/mol. The molecule has 0 fully saturated rings. The van der Waals surface area contributed by atoms with Crippen molar-refractivity contribution in [3.05, 3.63) is 63.3 Å². The van der Waals surface area contributed by atoms with Crippen molar-refractivity contribution < 1.29 is 4.39 Å². The van der Waals surface area contributed by atoms with E-state index in [4.69, 9.17) is 0 Å². The van der Waals surface area contributed by atoms with Gasteiger partial charge < -0.3 is 0 Å². The molecule has 4 heteroatoms. The summed E-state index contributed by atoms with van der Waals surface area (Å²) in [5, 5.41) is 4.12. The Bertz CT molecular complexity index is 605. The minimum Gasteiger partial charge on any atom is -0.268 e. The van der Waals surface area contributed by atoms with E-state index in [0.717, 1.165) is 16.8 Å². The van der Waals surface area contributed by atoms with E-state index in [2.05, 4.69) is 5.10 Å². The molecule has 0 aliphatic heterocycles. The van der Waals surface area contributed by atoms with Gasteiger partial charge in [-0.3, -0.25) is 4.79 Å². The number of aromatic nitrogens is 2. The van der Waals surface area contributed by atoms with Crippen LogP contribution >= 0.6 is 0 Å². The predicted molar refractivity (Wildman–Crippen MR) is 63.5 cm³/mol. The van der Waals surface area contributed by atoms with Gasteiger partial charge in [0.15, 0.2) is 0 Å². The summed E-state index contributed by atoms with van der Waals surface area (Å²) in [6, 6.07) is 7.68. The molecule has 0 aliphatic carbocycles. The Hall–Kier alpha value is -1.97. The van der Waals surface area contributed by atoms with E-state index in [1.807, 2.05) is 13.8 Å². The Labute approximate surface area is 98.5 Å². The number of benzene rings is 1. The molecule has 88 valence electrons. The van der Waals surface area contributed by atoms with Crippen molar-refractivity contribution in [3.8, 4) is 0 Å². The topological polar surface area (TPSA) is 34.9 Å². The Morgan fingerprint density at radius 3 is 2.76 bits per heavy atom. The molecule has 0 radical (unpaired) electrons. The van der Waals surface area contributed by atoms with Crippen LogP contribution in [0.5, 0.6) is 0 Å². The summed E-state index contributed by atoms with van der Waals surface area (Å²) in [5.74, 6) is -0.300. The van der Waals surface area contributed by atoms with Gasteiger partial charge in [-0.2, -0.15) is 5.10 Å². The summed E-state index contributed by atoms with van der Waals surface area (Å²) in [7, 11) is 0. The van der Waals surface area contributed by atoms with Gasteiger partial charge in [0.25, 0.3) is 5.56 Å². The first-order valence-corrected chi connectivity index (χ1v) is 5.36. The maximum Gasteiger partial charge on any atom is 0.267 e. The van der Waals surface area contributed by atoms with Crippen molar-refractivity contribution in [2.75, 3.05) is 0 Å². The third-order valence-corrected chi connectivity index (χ3v) is 2.63. The highest BCUT2D eigenvalue weighted by atomic mass is 19.1. The first-order chi connectivity index (χ1) is 8.06. The van der Waals surface area contributed by atoms with Gasteiger partial charge >= 0.3 is 0 Å². The number of rotatable bonds is 2. The van der Waals surface area contributed by atoms with Crippen LogP contribution in [-0.2, 0) is 6.54 Å². The predicted octanol–water partition coefficient (Wildman–Crippen LogP) is 2.05. The average molecular weight is 232 g/mol. The van der Waals surface area contributed by atoms with Crippen LogP contribution in [0.25, 0.3) is 0 Å². The first kappa shape index (κ1) is 11.5. The number of hydrogen-bond donors (Lipinski definition) is 0. The van der Waals surface area contributed by atoms with E-state index in [1.165, 1.54) is 22.9 Å². The molecule has 3 nitrogen and oxygen atoms in total. The zero-order valence-electron chi connectivity index (χ0n) is 9.77. The summed E-state index contributed by atoms with van der Waals surface area (Å²) >= 11 is 0. The van der Waals surface area contributed by atoms with Crippen LogP contribution in [0, 0.1) is 19.7 Å². The standard InChI is InChI=1S/C13H13FN2O/c1-9-3-5-12(14)7-11(9)8-16-13(17)6-4-10(2)15-16/h3-7H,8H2,1-2H3. The normalized spacial score (nSPS) is 10.5. The smallest absolute Gasteiger partial charge is 0.267 e. The van der Waals surface area contributed by atoms with E-state index in [0.29, 0.717) is 6.54 Å². The number of halogens is 1. The second-order valence-electron chi connectivity index (χ2n) is 4.04. The largest absolute Gasteiger partial charge is 0.268 e. The molecule has 17 heavy (non-hydrogen) atoms. The molecule has 0 N–H and O–H groups in total. The fourth-order valence-corrected chi connectivity index (χ4v) is 1.64. The molecule has 0 aliphatic rings. The third kappa shape index (κ3) is 2.58. The van der Waals surface area contributed by atoms with Crippen molar-refractivity contribution in [1.82, 2.24) is 9.78 Å². The maximum atomic E-state index is 13.1. The van der Waals surface area contributed by atoms with E-state index >= 15 is 0 Å². The summed E-state index contributed by atoms with van der Waals surface area (Å²) in [6.07, 6.45) is 0. The average Bonchev–Trinajstić information content (AvgIpc) is 2.28. The lowest BCUT2D eigenvalue weighted by Crippen LogP contribution is -2.23. The molecule has 1 aromatic heterocycles. The van der Waals surface area contributed by atoms with Crippen LogP contribution in [0.2, 0.25) is 0 Å². The van der Waals surface area contributed by atoms with Crippen molar-refractivity contribution in [2.45, 2.75) is 20.4 Å². The zero-order valence-corrected chi connectivity index (χ0v) is 9.77. The van der Waals surface area contributed by atoms with Crippen molar-refractivity contribution in [3.63, 3.8) is 0 Å². The number of aryl methyl sites for hydroxylation is 2. The molecule has 1 aromatic carbocycles. The molecular formula is C13H13FN2O. The van der Waals surface area contributed by atoms with Crippen molar-refractivity contribution >= 4 is 0 Å². The molecule has 0 atom stereocenters. The van der Waals surface area contributed by atoms with Crippen LogP contribution in [0.4, 0.5) is 4.39 Å². The molecule has 0 saturated carbocycles. The van der Waals surface area contributed by atoms with Crippen LogP contribution in [0.3, 0.4) is 0 Å². The van der Waals surface area contributed by atoms with Gasteiger partial charge in [0.1, 0.15) is 5.82 Å². The van der Waals surface area contributed by atoms with Crippen LogP contribution in [0.15, 0.2) is 35.1 Å². The molecule has 0 amide bonds. The lowest BCUT2D eigenvalue weighted by atomic mass is 10.1. The highest BCUT2D eigenvalue weighted by Crippen LogP contribution is 2.10. The Morgan fingerprint density at radius 1 is 1.24 bits per heavy atom. The van der Waals surface area contributed by atoms with Gasteiger partial charge in [0.05, 0.1) is 12.2 Å². The molecule has 2 rings (SSSR count). The fourth-order valence-electron chi connectivity index (χ4n) is 1.64. The Kier molecular flexibility index (Phi) is 3.04. The third-order valence-electron chi connectivity index (χ3n) is 2.63. The second kappa shape index (κ2) is 4.49. The van der Waals surface area contributed by atoms with E-state index in [1.54, 1.807) is 12.1 Å². The fraction of sp³-hybridized carbons (Fsp3) is 0.231. The summed E-state index contributed by atoms with van der Waals surface area (Å²) in [4.78, 5) is 11.6. The van der Waals surface area contributed by atoms with Gasteiger partial charge in [-0.1, -0.05) is 6.07 Å². The van der Waals surface area contributed by atoms with Crippen LogP contribution in [0.1, 0.15) is 16.8 Å². The number of hydrogen-bond acceptors (Lipinski definition) is 2. The van der Waals surface area contributed by atoms with Gasteiger partial charge in [0.2, 0.25) is 0 Å². The molecule has 1 heterocycles. The maximum absolute atomic E-state index is 13.1. The lowest BCUT2D eigenvalue weighted by Gasteiger charge is -2.08. The van der Waals surface area contributed by atoms with Gasteiger partial charge in [-0.25, -0.2) is 9.07 Å². The summed E-state index contributed by atoms with van der Waals surface area (Å²) < 4.78 is 14.5. The highest BCUT2D eigenvalue weighted by molar-refractivity contribution is 5.26. The Balaban J connectivity index is 2.41. The SMILES string of the molecule is Cc1ccc(=O)n(Cc2cc(F)ccc2C)n1. The molecule has 0 bridgehead atoms. The lowest BCUT2D eigenvalue weighted by molar-refractivity contribution is 0.604. The zero-order chi connectivity index (χ0) is 12.4. The summed E-state index contributed by atoms with van der Waals surface area (Å²) in [5.41, 5.74) is 2.30. The minimum absolute atomic E-state index is 0.181. The van der Waals surface area contributed by atoms with Gasteiger partial charge in [0, 0.05) is 6.07 Å². The first-order valence-electron chi connectivity index (χ1n) is 5.36. The second-order valence-corrected chi connectivity index (χ2v) is 4.04. The van der Waals surface area contributed by atoms with E-state index in [-0.39, 0.29) is 11.4 Å². The van der Waals surface area contributed by atoms with E-state index in [9.17, 15) is 9.18 Å². The highest BCUT2D eigenvalue weighted by Gasteiger charge is 2.04. The molecule has 0 spiro atoms. The molecule has 2 aromatic rings. The van der Waals surface area contributed by atoms with Crippen LogP contribution in [-0.4, -0.2) is 9.78 Å². The van der Waals surface area contributed by atoms with Gasteiger partial charge in [-0.15, -0.1) is 0 Å². The number of nitrogens with zero attached hydrogens (tertiary/aromatic N) is 2. The van der Waals surface area contributed by atoms with Crippen molar-refractivity contribution in [2.24, 2.45) is 0 Å².